The van der Waals surface area contributed by atoms with Gasteiger partial charge in [0.05, 0.1) is 25.9 Å². The van der Waals surface area contributed by atoms with Crippen LogP contribution in [0, 0.1) is 0 Å². The molecule has 0 amide bonds. The van der Waals surface area contributed by atoms with Gasteiger partial charge in [-0.2, -0.15) is 0 Å². The van der Waals surface area contributed by atoms with Crippen molar-refractivity contribution in [3.63, 3.8) is 0 Å². The van der Waals surface area contributed by atoms with E-state index in [0.717, 1.165) is 36.0 Å². The van der Waals surface area contributed by atoms with E-state index < -0.39 is 0 Å². The minimum atomic E-state index is -0.352. The Morgan fingerprint density at radius 1 is 0.500 bits per heavy atom. The number of ether oxygens (including phenoxy) is 4. The first-order chi connectivity index (χ1) is 19.8. The fraction of sp³-hybridized carbons (Fsp3) is 0.314. The zero-order valence-corrected chi connectivity index (χ0v) is 24.3. The van der Waals surface area contributed by atoms with E-state index in [1.807, 2.05) is 54.6 Å². The van der Waals surface area contributed by atoms with Crippen LogP contribution in [0.3, 0.4) is 0 Å². The lowest BCUT2D eigenvalue weighted by atomic mass is 9.94. The normalized spacial score (nSPS) is 22.7. The molecule has 0 aliphatic carbocycles. The summed E-state index contributed by atoms with van der Waals surface area (Å²) in [4.78, 5) is 0. The molecule has 4 aromatic rings. The molecule has 4 aromatic carbocycles. The van der Waals surface area contributed by atoms with E-state index in [4.69, 9.17) is 18.9 Å². The van der Waals surface area contributed by atoms with Crippen LogP contribution >= 0.6 is 15.9 Å². The highest BCUT2D eigenvalue weighted by molar-refractivity contribution is 9.09. The van der Waals surface area contributed by atoms with Gasteiger partial charge in [0.1, 0.15) is 23.3 Å². The zero-order chi connectivity index (χ0) is 27.4. The van der Waals surface area contributed by atoms with Gasteiger partial charge in [-0.1, -0.05) is 137 Å². The second-order valence-electron chi connectivity index (χ2n) is 10.2. The number of hydrogen-bond acceptors (Lipinski definition) is 4. The molecule has 4 nitrogen and oxygen atoms in total. The summed E-state index contributed by atoms with van der Waals surface area (Å²) < 4.78 is 26.4. The molecule has 1 heterocycles. The number of benzene rings is 4. The SMILES string of the molecule is BrC1OC(CCCc2ccccc2)C(OCc2ccccc2)C(OCc2ccccc2)C1OCc1ccccc1. The molecule has 0 saturated carbocycles. The molecule has 0 aromatic heterocycles. The molecule has 0 N–H and O–H groups in total. The fourth-order valence-electron chi connectivity index (χ4n) is 5.12. The van der Waals surface area contributed by atoms with Crippen molar-refractivity contribution < 1.29 is 18.9 Å². The second-order valence-corrected chi connectivity index (χ2v) is 11.1. The van der Waals surface area contributed by atoms with E-state index in [1.54, 1.807) is 0 Å². The van der Waals surface area contributed by atoms with Gasteiger partial charge in [0.2, 0.25) is 0 Å². The van der Waals surface area contributed by atoms with Crippen LogP contribution < -0.4 is 0 Å². The number of aryl methyl sites for hydroxylation is 1. The van der Waals surface area contributed by atoms with Crippen LogP contribution in [0.15, 0.2) is 121 Å². The van der Waals surface area contributed by atoms with Crippen molar-refractivity contribution in [1.29, 1.82) is 0 Å². The zero-order valence-electron chi connectivity index (χ0n) is 22.7. The van der Waals surface area contributed by atoms with Gasteiger partial charge in [0.15, 0.2) is 0 Å². The molecule has 5 unspecified atom stereocenters. The summed E-state index contributed by atoms with van der Waals surface area (Å²) in [5.41, 5.74) is 4.67. The van der Waals surface area contributed by atoms with E-state index in [2.05, 4.69) is 82.7 Å². The summed E-state index contributed by atoms with van der Waals surface area (Å²) in [6.07, 6.45) is 1.71. The lowest BCUT2D eigenvalue weighted by Crippen LogP contribution is -2.58. The molecule has 5 rings (SSSR count). The van der Waals surface area contributed by atoms with Crippen molar-refractivity contribution in [3.8, 4) is 0 Å². The third-order valence-electron chi connectivity index (χ3n) is 7.23. The van der Waals surface area contributed by atoms with Crippen LogP contribution in [-0.4, -0.2) is 29.4 Å². The molecule has 40 heavy (non-hydrogen) atoms. The maximum absolute atomic E-state index is 6.68. The summed E-state index contributed by atoms with van der Waals surface area (Å²) in [5, 5.41) is -0.324. The van der Waals surface area contributed by atoms with Gasteiger partial charge >= 0.3 is 0 Å². The molecule has 1 fully saturated rings. The molecule has 0 bridgehead atoms. The van der Waals surface area contributed by atoms with Crippen LogP contribution in [0.2, 0.25) is 0 Å². The van der Waals surface area contributed by atoms with Gasteiger partial charge < -0.3 is 18.9 Å². The third-order valence-corrected chi connectivity index (χ3v) is 7.97. The predicted octanol–water partition coefficient (Wildman–Crippen LogP) is 7.89. The molecule has 1 aliphatic rings. The number of alkyl halides is 1. The number of hydrogen-bond donors (Lipinski definition) is 0. The molecule has 1 saturated heterocycles. The van der Waals surface area contributed by atoms with Gasteiger partial charge in [0, 0.05) is 0 Å². The smallest absolute Gasteiger partial charge is 0.141 e. The van der Waals surface area contributed by atoms with Crippen molar-refractivity contribution in [3.05, 3.63) is 144 Å². The van der Waals surface area contributed by atoms with E-state index in [0.29, 0.717) is 19.8 Å². The van der Waals surface area contributed by atoms with E-state index >= 15 is 0 Å². The Bertz CT molecular complexity index is 1240. The summed E-state index contributed by atoms with van der Waals surface area (Å²) >= 11 is 3.81. The molecule has 208 valence electrons. The van der Waals surface area contributed by atoms with Gasteiger partial charge in [-0.25, -0.2) is 0 Å². The topological polar surface area (TPSA) is 36.9 Å². The van der Waals surface area contributed by atoms with E-state index in [-0.39, 0.29) is 29.4 Å². The minimum Gasteiger partial charge on any atom is -0.368 e. The van der Waals surface area contributed by atoms with Crippen LogP contribution in [0.4, 0.5) is 0 Å². The quantitative estimate of drug-likeness (QED) is 0.146. The monoisotopic (exact) mass is 600 g/mol. The van der Waals surface area contributed by atoms with Gasteiger partial charge in [0.25, 0.3) is 0 Å². The largest absolute Gasteiger partial charge is 0.368 e. The van der Waals surface area contributed by atoms with Crippen molar-refractivity contribution in [2.24, 2.45) is 0 Å². The van der Waals surface area contributed by atoms with Crippen LogP contribution in [0.25, 0.3) is 0 Å². The third kappa shape index (κ3) is 8.35. The lowest BCUT2D eigenvalue weighted by Gasteiger charge is -2.45. The van der Waals surface area contributed by atoms with Gasteiger partial charge in [-0.05, 0) is 41.5 Å². The highest BCUT2D eigenvalue weighted by atomic mass is 79.9. The summed E-state index contributed by atoms with van der Waals surface area (Å²) in [6.45, 7) is 1.41. The maximum atomic E-state index is 6.68. The lowest BCUT2D eigenvalue weighted by molar-refractivity contribution is -0.246. The van der Waals surface area contributed by atoms with Crippen molar-refractivity contribution >= 4 is 15.9 Å². The molecule has 5 heteroatoms. The van der Waals surface area contributed by atoms with Crippen molar-refractivity contribution in [2.45, 2.75) is 68.5 Å². The highest BCUT2D eigenvalue weighted by Gasteiger charge is 2.47. The maximum Gasteiger partial charge on any atom is 0.141 e. The minimum absolute atomic E-state index is 0.144. The first-order valence-electron chi connectivity index (χ1n) is 14.1. The molecular weight excluding hydrogens is 564 g/mol. The fourth-order valence-corrected chi connectivity index (χ4v) is 5.85. The Balaban J connectivity index is 1.36. The van der Waals surface area contributed by atoms with Crippen molar-refractivity contribution in [1.82, 2.24) is 0 Å². The first kappa shape index (κ1) is 28.7. The van der Waals surface area contributed by atoms with Crippen molar-refractivity contribution in [2.75, 3.05) is 0 Å². The Morgan fingerprint density at radius 3 is 1.38 bits per heavy atom. The average molecular weight is 602 g/mol. The Kier molecular flexibility index (Phi) is 11.0. The van der Waals surface area contributed by atoms with Crippen LogP contribution in [0.5, 0.6) is 0 Å². The highest BCUT2D eigenvalue weighted by Crippen LogP contribution is 2.34. The average Bonchev–Trinajstić information content (AvgIpc) is 3.01. The van der Waals surface area contributed by atoms with E-state index in [9.17, 15) is 0 Å². The summed E-state index contributed by atoms with van der Waals surface area (Å²) in [5.74, 6) is 0. The number of halogens is 1. The van der Waals surface area contributed by atoms with Gasteiger partial charge in [-0.15, -0.1) is 0 Å². The molecule has 0 radical (unpaired) electrons. The second kappa shape index (κ2) is 15.3. The Morgan fingerprint density at radius 2 is 0.900 bits per heavy atom. The summed E-state index contributed by atoms with van der Waals surface area (Å²) in [6, 6.07) is 41.3. The molecule has 1 aliphatic heterocycles. The first-order valence-corrected chi connectivity index (χ1v) is 15.0. The Hall–Kier alpha value is -2.80. The standard InChI is InChI=1S/C35H37BrO4/c36-35-34(39-26-30-20-11-4-12-21-30)33(38-25-29-18-9-3-10-19-29)32(37-24-28-16-7-2-8-17-28)31(40-35)23-13-22-27-14-5-1-6-15-27/h1-12,14-21,31-35H,13,22-26H2. The summed E-state index contributed by atoms with van der Waals surface area (Å²) in [7, 11) is 0. The molecular formula is C35H37BrO4. The number of rotatable bonds is 13. The van der Waals surface area contributed by atoms with Crippen LogP contribution in [-0.2, 0) is 45.2 Å². The molecule has 0 spiro atoms. The Labute approximate surface area is 246 Å². The predicted molar refractivity (Wildman–Crippen MR) is 162 cm³/mol. The molecule has 5 atom stereocenters. The van der Waals surface area contributed by atoms with E-state index in [1.165, 1.54) is 5.56 Å². The van der Waals surface area contributed by atoms with Gasteiger partial charge in [-0.3, -0.25) is 0 Å². The van der Waals surface area contributed by atoms with Crippen LogP contribution in [0.1, 0.15) is 35.1 Å².